The van der Waals surface area contributed by atoms with Gasteiger partial charge in [-0.2, -0.15) is 18.3 Å². The molecule has 0 atom stereocenters. The molecule has 0 radical (unpaired) electrons. The largest absolute Gasteiger partial charge is 0.497 e. The fraction of sp³-hybridized carbons (Fsp3) is 0.667. The summed E-state index contributed by atoms with van der Waals surface area (Å²) in [6.07, 6.45) is 0. The van der Waals surface area contributed by atoms with Crippen LogP contribution in [0.15, 0.2) is 4.90 Å². The molecule has 12 heteroatoms. The van der Waals surface area contributed by atoms with Gasteiger partial charge in [0, 0.05) is 13.6 Å². The number of hydrogen-bond acceptors (Lipinski definition) is 5. The number of halogens is 3. The monoisotopic (exact) mass is 349 g/mol. The molecule has 7 nitrogen and oxygen atoms in total. The molecule has 1 rings (SSSR count). The van der Waals surface area contributed by atoms with Crippen molar-refractivity contribution in [3.05, 3.63) is 11.4 Å². The summed E-state index contributed by atoms with van der Waals surface area (Å²) in [4.78, 5) is -0.172. The smallest absolute Gasteiger partial charge is 0.271 e. The molecule has 0 fully saturated rings. The predicted octanol–water partition coefficient (Wildman–Crippen LogP) is 0.250. The van der Waals surface area contributed by atoms with Crippen LogP contribution < -0.4 is 4.72 Å². The Hall–Kier alpha value is -1.14. The van der Waals surface area contributed by atoms with Gasteiger partial charge in [0.05, 0.1) is 17.1 Å². The summed E-state index contributed by atoms with van der Waals surface area (Å²) in [6.45, 7) is 2.02. The van der Waals surface area contributed by atoms with Crippen LogP contribution in [0.25, 0.3) is 0 Å². The van der Waals surface area contributed by atoms with Crippen molar-refractivity contribution in [3.8, 4) is 0 Å². The number of sulfonamides is 1. The molecule has 0 saturated heterocycles. The number of nitrogens with zero attached hydrogens (tertiary/aromatic N) is 2. The first-order valence-corrected chi connectivity index (χ1v) is 8.72. The van der Waals surface area contributed by atoms with E-state index in [9.17, 15) is 30.0 Å². The van der Waals surface area contributed by atoms with Crippen molar-refractivity contribution in [2.24, 2.45) is 7.05 Å². The fourth-order valence-corrected chi connectivity index (χ4v) is 3.84. The van der Waals surface area contributed by atoms with Crippen molar-refractivity contribution in [1.29, 1.82) is 0 Å². The zero-order valence-corrected chi connectivity index (χ0v) is 13.0. The molecule has 1 aromatic rings. The van der Waals surface area contributed by atoms with Crippen LogP contribution in [-0.2, 0) is 26.9 Å². The molecular formula is C9H14F3N3O4S2. The summed E-state index contributed by atoms with van der Waals surface area (Å²) >= 11 is 0. The van der Waals surface area contributed by atoms with Crippen LogP contribution in [0.5, 0.6) is 0 Å². The van der Waals surface area contributed by atoms with Crippen molar-refractivity contribution in [1.82, 2.24) is 14.5 Å². The minimum Gasteiger partial charge on any atom is -0.271 e. The van der Waals surface area contributed by atoms with E-state index in [1.807, 2.05) is 4.72 Å². The Balaban J connectivity index is 2.90. The lowest BCUT2D eigenvalue weighted by Gasteiger charge is -2.09. The van der Waals surface area contributed by atoms with E-state index in [0.29, 0.717) is 5.69 Å². The van der Waals surface area contributed by atoms with Gasteiger partial charge in [0.1, 0.15) is 4.90 Å². The van der Waals surface area contributed by atoms with Crippen LogP contribution in [0.1, 0.15) is 11.4 Å². The number of alkyl halides is 3. The van der Waals surface area contributed by atoms with Gasteiger partial charge in [0.15, 0.2) is 0 Å². The van der Waals surface area contributed by atoms with Crippen molar-refractivity contribution >= 4 is 19.9 Å². The van der Waals surface area contributed by atoms with Gasteiger partial charge in [-0.1, -0.05) is 0 Å². The van der Waals surface area contributed by atoms with Crippen molar-refractivity contribution in [2.45, 2.75) is 24.3 Å². The Labute approximate surface area is 120 Å². The zero-order chi connectivity index (χ0) is 16.6. The molecule has 0 bridgehead atoms. The molecule has 0 unspecified atom stereocenters. The third-order valence-corrected chi connectivity index (χ3v) is 5.89. The minimum absolute atomic E-state index is 0.168. The van der Waals surface area contributed by atoms with Gasteiger partial charge < -0.3 is 0 Å². The van der Waals surface area contributed by atoms with E-state index in [4.69, 9.17) is 0 Å². The van der Waals surface area contributed by atoms with Gasteiger partial charge in [-0.25, -0.2) is 21.6 Å². The maximum Gasteiger partial charge on any atom is 0.497 e. The van der Waals surface area contributed by atoms with E-state index in [0.717, 1.165) is 0 Å². The van der Waals surface area contributed by atoms with Gasteiger partial charge in [0.2, 0.25) is 19.9 Å². The van der Waals surface area contributed by atoms with Gasteiger partial charge in [0.25, 0.3) is 0 Å². The van der Waals surface area contributed by atoms with E-state index in [2.05, 4.69) is 5.10 Å². The minimum atomic E-state index is -5.40. The molecule has 21 heavy (non-hydrogen) atoms. The summed E-state index contributed by atoms with van der Waals surface area (Å²) in [6, 6.07) is 0. The average molecular weight is 349 g/mol. The average Bonchev–Trinajstić information content (AvgIpc) is 2.50. The number of aromatic nitrogens is 2. The molecule has 0 aliphatic carbocycles. The lowest BCUT2D eigenvalue weighted by molar-refractivity contribution is -0.0435. The second-order valence-corrected chi connectivity index (χ2v) is 8.09. The summed E-state index contributed by atoms with van der Waals surface area (Å²) in [5, 5.41) is 3.87. The molecule has 0 aliphatic rings. The highest BCUT2D eigenvalue weighted by atomic mass is 32.2. The Bertz CT molecular complexity index is 735. The van der Waals surface area contributed by atoms with Gasteiger partial charge in [-0.05, 0) is 13.8 Å². The number of sulfone groups is 1. The SMILES string of the molecule is Cc1nn(C)c(C)c1S(=O)(=O)NCCS(=O)(=O)C(F)(F)F. The summed E-state index contributed by atoms with van der Waals surface area (Å²) in [5.74, 6) is -1.37. The highest BCUT2D eigenvalue weighted by molar-refractivity contribution is 7.92. The first-order chi connectivity index (χ1) is 9.29. The van der Waals surface area contributed by atoms with Crippen molar-refractivity contribution in [3.63, 3.8) is 0 Å². The van der Waals surface area contributed by atoms with E-state index in [1.54, 1.807) is 0 Å². The van der Waals surface area contributed by atoms with Crippen molar-refractivity contribution < 1.29 is 30.0 Å². The molecule has 0 spiro atoms. The molecule has 1 N–H and O–H groups in total. The number of nitrogens with one attached hydrogen (secondary N) is 1. The Morgan fingerprint density at radius 3 is 2.10 bits per heavy atom. The molecule has 0 amide bonds. The second-order valence-electron chi connectivity index (χ2n) is 4.29. The lowest BCUT2D eigenvalue weighted by Crippen LogP contribution is -2.34. The zero-order valence-electron chi connectivity index (χ0n) is 11.4. The summed E-state index contributed by atoms with van der Waals surface area (Å²) < 4.78 is 85.2. The first kappa shape index (κ1) is 17.9. The van der Waals surface area contributed by atoms with Crippen molar-refractivity contribution in [2.75, 3.05) is 12.3 Å². The molecule has 1 heterocycles. The molecule has 0 aliphatic heterocycles. The first-order valence-electron chi connectivity index (χ1n) is 5.58. The van der Waals surface area contributed by atoms with Crippen LogP contribution in [-0.4, -0.2) is 44.4 Å². The Kier molecular flexibility index (Phi) is 4.75. The predicted molar refractivity (Wildman–Crippen MR) is 67.7 cm³/mol. The fourth-order valence-electron chi connectivity index (χ4n) is 1.64. The van der Waals surface area contributed by atoms with E-state index >= 15 is 0 Å². The third-order valence-electron chi connectivity index (χ3n) is 2.73. The Morgan fingerprint density at radius 1 is 1.19 bits per heavy atom. The Morgan fingerprint density at radius 2 is 1.71 bits per heavy atom. The molecule has 122 valence electrons. The highest BCUT2D eigenvalue weighted by Gasteiger charge is 2.45. The van der Waals surface area contributed by atoms with Crippen LogP contribution in [0.2, 0.25) is 0 Å². The summed E-state index contributed by atoms with van der Waals surface area (Å²) in [7, 11) is -7.99. The molecule has 1 aromatic heterocycles. The lowest BCUT2D eigenvalue weighted by atomic mass is 10.4. The second kappa shape index (κ2) is 5.57. The van der Waals surface area contributed by atoms with Crippen LogP contribution >= 0.6 is 0 Å². The maximum absolute atomic E-state index is 12.1. The molecular weight excluding hydrogens is 335 g/mol. The van der Waals surface area contributed by atoms with Crippen LogP contribution in [0, 0.1) is 13.8 Å². The van der Waals surface area contributed by atoms with Gasteiger partial charge in [-0.15, -0.1) is 0 Å². The highest BCUT2D eigenvalue weighted by Crippen LogP contribution is 2.23. The van der Waals surface area contributed by atoms with Crippen LogP contribution in [0.3, 0.4) is 0 Å². The van der Waals surface area contributed by atoms with E-state index in [1.165, 1.54) is 25.6 Å². The van der Waals surface area contributed by atoms with E-state index in [-0.39, 0.29) is 10.6 Å². The number of rotatable bonds is 5. The van der Waals surface area contributed by atoms with Gasteiger partial charge >= 0.3 is 5.51 Å². The standard InChI is InChI=1S/C9H14F3N3O4S2/c1-6-8(7(2)15(3)14-6)21(18,19)13-4-5-20(16,17)9(10,11)12/h13H,4-5H2,1-3H3. The quantitative estimate of drug-likeness (QED) is 0.822. The number of aryl methyl sites for hydroxylation is 2. The van der Waals surface area contributed by atoms with E-state index < -0.39 is 37.7 Å². The summed E-state index contributed by atoms with van der Waals surface area (Å²) in [5.41, 5.74) is -4.95. The molecule has 0 aromatic carbocycles. The molecule has 0 saturated carbocycles. The van der Waals surface area contributed by atoms with Crippen LogP contribution in [0.4, 0.5) is 13.2 Å². The maximum atomic E-state index is 12.1. The van der Waals surface area contributed by atoms with Gasteiger partial charge in [-0.3, -0.25) is 4.68 Å². The topological polar surface area (TPSA) is 98.1 Å². The normalized spacial score (nSPS) is 13.6. The number of hydrogen-bond donors (Lipinski definition) is 1. The third kappa shape index (κ3) is 3.74.